The molecule has 0 unspecified atom stereocenters. The van der Waals surface area contributed by atoms with E-state index < -0.39 is 10.8 Å². The van der Waals surface area contributed by atoms with Gasteiger partial charge in [0.15, 0.2) is 5.11 Å². The molecular weight excluding hydrogens is 404 g/mol. The van der Waals surface area contributed by atoms with Gasteiger partial charge in [-0.2, -0.15) is 0 Å². The third-order valence-corrected chi connectivity index (χ3v) is 5.28. The molecule has 0 bridgehead atoms. The van der Waals surface area contributed by atoms with E-state index in [9.17, 15) is 20.0 Å². The molecule has 158 valence electrons. The molecule has 0 aromatic heterocycles. The molecule has 8 nitrogen and oxygen atoms in total. The fourth-order valence-electron chi connectivity index (χ4n) is 3.45. The highest BCUT2D eigenvalue weighted by atomic mass is 32.1. The lowest BCUT2D eigenvalue weighted by Crippen LogP contribution is -2.34. The normalized spacial score (nSPS) is 13.6. The number of rotatable bonds is 5. The average Bonchev–Trinajstić information content (AvgIpc) is 2.75. The van der Waals surface area contributed by atoms with Crippen LogP contribution in [-0.2, 0) is 6.42 Å². The number of benzene rings is 2. The Bertz CT molecular complexity index is 973. The maximum atomic E-state index is 12.6. The van der Waals surface area contributed by atoms with E-state index in [1.165, 1.54) is 6.07 Å². The fraction of sp³-hybridized carbons (Fsp3) is 0.333. The molecule has 0 aliphatic carbocycles. The lowest BCUT2D eigenvalue weighted by molar-refractivity contribution is -0.384. The highest BCUT2D eigenvalue weighted by molar-refractivity contribution is 7.80. The number of anilines is 2. The van der Waals surface area contributed by atoms with E-state index in [1.807, 2.05) is 11.8 Å². The molecule has 2 aromatic carbocycles. The second kappa shape index (κ2) is 9.53. The molecule has 0 radical (unpaired) electrons. The van der Waals surface area contributed by atoms with Crippen LogP contribution in [0.5, 0.6) is 5.75 Å². The highest BCUT2D eigenvalue weighted by Crippen LogP contribution is 2.31. The molecule has 1 aliphatic rings. The number of aryl methyl sites for hydroxylation is 1. The summed E-state index contributed by atoms with van der Waals surface area (Å²) in [7, 11) is 0. The first kappa shape index (κ1) is 21.5. The predicted molar refractivity (Wildman–Crippen MR) is 120 cm³/mol. The van der Waals surface area contributed by atoms with Gasteiger partial charge in [0, 0.05) is 24.7 Å². The summed E-state index contributed by atoms with van der Waals surface area (Å²) in [5, 5.41) is 26.8. The Morgan fingerprint density at radius 3 is 2.60 bits per heavy atom. The van der Waals surface area contributed by atoms with Crippen molar-refractivity contribution in [2.24, 2.45) is 0 Å². The standard InChI is InChI=1S/C21H24N4O4S/c1-2-14-6-9-19(26)16(12-14)22-21(30)23-20(27)15-7-8-17(18(13-15)25(28)29)24-10-4-3-5-11-24/h6-9,12-13,26H,2-5,10-11H2,1H3,(H2,22,23,27,30). The van der Waals surface area contributed by atoms with Crippen molar-refractivity contribution in [3.63, 3.8) is 0 Å². The van der Waals surface area contributed by atoms with E-state index >= 15 is 0 Å². The van der Waals surface area contributed by atoms with Crippen LogP contribution in [0.3, 0.4) is 0 Å². The number of hydrogen-bond donors (Lipinski definition) is 3. The van der Waals surface area contributed by atoms with Gasteiger partial charge in [-0.15, -0.1) is 0 Å². The summed E-state index contributed by atoms with van der Waals surface area (Å²) in [5.74, 6) is -0.558. The van der Waals surface area contributed by atoms with E-state index in [4.69, 9.17) is 12.2 Å². The molecule has 9 heteroatoms. The minimum Gasteiger partial charge on any atom is -0.506 e. The summed E-state index contributed by atoms with van der Waals surface area (Å²) < 4.78 is 0. The van der Waals surface area contributed by atoms with Crippen molar-refractivity contribution >= 4 is 40.3 Å². The SMILES string of the molecule is CCc1ccc(O)c(NC(=S)NC(=O)c2ccc(N3CCCCC3)c([N+](=O)[O-])c2)c1. The van der Waals surface area contributed by atoms with Gasteiger partial charge in [-0.05, 0) is 67.7 Å². The first-order chi connectivity index (χ1) is 14.4. The number of carbonyl (C=O) groups excluding carboxylic acids is 1. The van der Waals surface area contributed by atoms with Crippen LogP contribution in [0.4, 0.5) is 17.1 Å². The molecular formula is C21H24N4O4S. The molecule has 1 saturated heterocycles. The molecule has 30 heavy (non-hydrogen) atoms. The van der Waals surface area contributed by atoms with Crippen LogP contribution < -0.4 is 15.5 Å². The molecule has 1 amide bonds. The second-order valence-electron chi connectivity index (χ2n) is 7.12. The number of nitro groups is 1. The van der Waals surface area contributed by atoms with Crippen LogP contribution in [0.1, 0.15) is 42.1 Å². The number of piperidine rings is 1. The Labute approximate surface area is 180 Å². The number of nitrogens with one attached hydrogen (secondary N) is 2. The van der Waals surface area contributed by atoms with Gasteiger partial charge in [0.05, 0.1) is 10.6 Å². The second-order valence-corrected chi connectivity index (χ2v) is 7.53. The highest BCUT2D eigenvalue weighted by Gasteiger charge is 2.23. The number of phenols is 1. The first-order valence-electron chi connectivity index (χ1n) is 9.86. The summed E-state index contributed by atoms with van der Waals surface area (Å²) in [6.45, 7) is 3.51. The zero-order valence-corrected chi connectivity index (χ0v) is 17.5. The number of phenolic OH excluding ortho intramolecular Hbond substituents is 1. The summed E-state index contributed by atoms with van der Waals surface area (Å²) in [4.78, 5) is 25.7. The van der Waals surface area contributed by atoms with Gasteiger partial charge in [-0.3, -0.25) is 20.2 Å². The monoisotopic (exact) mass is 428 g/mol. The van der Waals surface area contributed by atoms with Gasteiger partial charge in [0.25, 0.3) is 11.6 Å². The minimum atomic E-state index is -0.563. The molecule has 2 aromatic rings. The van der Waals surface area contributed by atoms with E-state index in [2.05, 4.69) is 10.6 Å². The quantitative estimate of drug-likeness (QED) is 0.286. The van der Waals surface area contributed by atoms with E-state index in [0.29, 0.717) is 11.4 Å². The number of nitro benzene ring substituents is 1. The minimum absolute atomic E-state index is 0.00493. The van der Waals surface area contributed by atoms with Crippen molar-refractivity contribution in [1.82, 2.24) is 5.32 Å². The largest absolute Gasteiger partial charge is 0.506 e. The summed E-state index contributed by atoms with van der Waals surface area (Å²) >= 11 is 5.17. The molecule has 1 fully saturated rings. The molecule has 0 saturated carbocycles. The molecule has 1 heterocycles. The number of carbonyl (C=O) groups is 1. The van der Waals surface area contributed by atoms with Crippen molar-refractivity contribution in [3.8, 4) is 5.75 Å². The van der Waals surface area contributed by atoms with Gasteiger partial charge >= 0.3 is 0 Å². The summed E-state index contributed by atoms with van der Waals surface area (Å²) in [5.41, 5.74) is 1.94. The molecule has 0 spiro atoms. The van der Waals surface area contributed by atoms with Gasteiger partial charge < -0.3 is 15.3 Å². The topological polar surface area (TPSA) is 108 Å². The van der Waals surface area contributed by atoms with Crippen molar-refractivity contribution in [3.05, 3.63) is 57.6 Å². The van der Waals surface area contributed by atoms with Gasteiger partial charge in [0.2, 0.25) is 0 Å². The fourth-order valence-corrected chi connectivity index (χ4v) is 3.65. The zero-order valence-electron chi connectivity index (χ0n) is 16.7. The Balaban J connectivity index is 1.74. The third kappa shape index (κ3) is 5.04. The summed E-state index contributed by atoms with van der Waals surface area (Å²) in [6, 6.07) is 9.54. The smallest absolute Gasteiger partial charge is 0.293 e. The number of amides is 1. The maximum absolute atomic E-state index is 12.6. The molecule has 3 rings (SSSR count). The lowest BCUT2D eigenvalue weighted by Gasteiger charge is -2.28. The van der Waals surface area contributed by atoms with Crippen LogP contribution >= 0.6 is 12.2 Å². The number of thiocarbonyl (C=S) groups is 1. The number of hydrogen-bond acceptors (Lipinski definition) is 6. The van der Waals surface area contributed by atoms with Crippen LogP contribution in [0.15, 0.2) is 36.4 Å². The average molecular weight is 429 g/mol. The zero-order chi connectivity index (χ0) is 21.7. The number of nitrogens with zero attached hydrogens (tertiary/aromatic N) is 2. The molecule has 1 aliphatic heterocycles. The molecule has 3 N–H and O–H groups in total. The van der Waals surface area contributed by atoms with E-state index in [0.717, 1.165) is 44.3 Å². The van der Waals surface area contributed by atoms with Crippen molar-refractivity contribution in [2.45, 2.75) is 32.6 Å². The van der Waals surface area contributed by atoms with Crippen molar-refractivity contribution in [1.29, 1.82) is 0 Å². The Morgan fingerprint density at radius 1 is 1.20 bits per heavy atom. The third-order valence-electron chi connectivity index (χ3n) is 5.08. The van der Waals surface area contributed by atoms with Crippen molar-refractivity contribution < 1.29 is 14.8 Å². The van der Waals surface area contributed by atoms with Gasteiger partial charge in [0.1, 0.15) is 11.4 Å². The van der Waals surface area contributed by atoms with Crippen LogP contribution in [-0.4, -0.2) is 34.1 Å². The summed E-state index contributed by atoms with van der Waals surface area (Å²) in [6.07, 6.45) is 3.88. The van der Waals surface area contributed by atoms with Gasteiger partial charge in [-0.25, -0.2) is 0 Å². The van der Waals surface area contributed by atoms with E-state index in [-0.39, 0.29) is 22.1 Å². The predicted octanol–water partition coefficient (Wildman–Crippen LogP) is 3.98. The van der Waals surface area contributed by atoms with Crippen LogP contribution in [0.25, 0.3) is 0 Å². The Hall–Kier alpha value is -3.20. The first-order valence-corrected chi connectivity index (χ1v) is 10.3. The number of aromatic hydroxyl groups is 1. The van der Waals surface area contributed by atoms with E-state index in [1.54, 1.807) is 30.3 Å². The van der Waals surface area contributed by atoms with Crippen LogP contribution in [0, 0.1) is 10.1 Å². The van der Waals surface area contributed by atoms with Gasteiger partial charge in [-0.1, -0.05) is 13.0 Å². The molecule has 0 atom stereocenters. The van der Waals surface area contributed by atoms with Crippen molar-refractivity contribution in [2.75, 3.05) is 23.3 Å². The Kier molecular flexibility index (Phi) is 6.83. The lowest BCUT2D eigenvalue weighted by atomic mass is 10.1. The van der Waals surface area contributed by atoms with Crippen LogP contribution in [0.2, 0.25) is 0 Å². The maximum Gasteiger partial charge on any atom is 0.293 e. The Morgan fingerprint density at radius 2 is 1.93 bits per heavy atom.